The zero-order valence-corrected chi connectivity index (χ0v) is 18.5. The van der Waals surface area contributed by atoms with Gasteiger partial charge < -0.3 is 19.8 Å². The first kappa shape index (κ1) is 21.9. The summed E-state index contributed by atoms with van der Waals surface area (Å²) in [5, 5.41) is 34.6. The lowest BCUT2D eigenvalue weighted by Gasteiger charge is -2.17. The molecule has 0 fully saturated rings. The number of hydrogen-bond acceptors (Lipinski definition) is 8. The Bertz CT molecular complexity index is 1350. The van der Waals surface area contributed by atoms with Crippen molar-refractivity contribution in [2.75, 3.05) is 12.4 Å². The largest absolute Gasteiger partial charge is 0.595 e. The van der Waals surface area contributed by atoms with Gasteiger partial charge >= 0.3 is 0 Å². The van der Waals surface area contributed by atoms with Crippen LogP contribution in [-0.2, 0) is 7.05 Å². The lowest BCUT2D eigenvalue weighted by molar-refractivity contribution is -0.991. The Morgan fingerprint density at radius 2 is 2.12 bits per heavy atom. The van der Waals surface area contributed by atoms with E-state index in [1.54, 1.807) is 12.3 Å². The molecule has 32 heavy (non-hydrogen) atoms. The fourth-order valence-electron chi connectivity index (χ4n) is 3.13. The molecule has 2 aromatic heterocycles. The molecule has 1 unspecified atom stereocenters. The molecule has 0 spiro atoms. The molecule has 1 atom stereocenters. The van der Waals surface area contributed by atoms with Crippen LogP contribution in [0.2, 0.25) is 5.02 Å². The van der Waals surface area contributed by atoms with Crippen molar-refractivity contribution in [3.05, 3.63) is 64.7 Å². The van der Waals surface area contributed by atoms with E-state index in [1.165, 1.54) is 37.2 Å². The number of ether oxygens (including phenoxy) is 1. The Morgan fingerprint density at radius 3 is 2.75 bits per heavy atom. The van der Waals surface area contributed by atoms with Crippen LogP contribution < -0.4 is 15.3 Å². The van der Waals surface area contributed by atoms with Gasteiger partial charge in [-0.3, -0.25) is 4.98 Å². The van der Waals surface area contributed by atoms with Crippen LogP contribution in [0.3, 0.4) is 0 Å². The highest BCUT2D eigenvalue weighted by Crippen LogP contribution is 2.37. The van der Waals surface area contributed by atoms with Crippen molar-refractivity contribution in [2.24, 2.45) is 7.05 Å². The van der Waals surface area contributed by atoms with Crippen LogP contribution in [0.25, 0.3) is 10.9 Å². The van der Waals surface area contributed by atoms with Gasteiger partial charge in [0.25, 0.3) is 0 Å². The number of anilines is 2. The van der Waals surface area contributed by atoms with E-state index in [-0.39, 0.29) is 17.0 Å². The fraction of sp³-hybridized carbons (Fsp3) is 0.0952. The second-order valence-electron chi connectivity index (χ2n) is 6.73. The molecule has 4 aromatic rings. The first-order valence-electron chi connectivity index (χ1n) is 9.27. The molecular weight excluding hydrogens is 452 g/mol. The van der Waals surface area contributed by atoms with Crippen molar-refractivity contribution in [3.63, 3.8) is 0 Å². The molecule has 2 aromatic carbocycles. The quantitative estimate of drug-likeness (QED) is 0.365. The number of pyridine rings is 1. The summed E-state index contributed by atoms with van der Waals surface area (Å²) < 4.78 is 7.07. The minimum Gasteiger partial charge on any atom is -0.595 e. The molecule has 0 aliphatic heterocycles. The summed E-state index contributed by atoms with van der Waals surface area (Å²) in [5.74, 6) is 0.187. The summed E-state index contributed by atoms with van der Waals surface area (Å²) in [7, 11) is 3.29. The highest BCUT2D eigenvalue weighted by atomic mass is 35.5. The monoisotopic (exact) mass is 468 g/mol. The normalized spacial score (nSPS) is 11.9. The van der Waals surface area contributed by atoms with Crippen LogP contribution >= 0.6 is 23.4 Å². The number of nitrogens with zero attached hydrogens (tertiary/aromatic N) is 4. The fourth-order valence-corrected chi connectivity index (χ4v) is 4.23. The minimum absolute atomic E-state index is 0.0280. The van der Waals surface area contributed by atoms with Crippen molar-refractivity contribution < 1.29 is 15.2 Å². The molecule has 0 aliphatic carbocycles. The number of aromatic nitrogens is 3. The summed E-state index contributed by atoms with van der Waals surface area (Å²) in [6.07, 6.45) is 4.99. The number of halogens is 1. The molecule has 0 saturated heterocycles. The standard InChI is InChI=1S/C21H17ClN6O3S/c1-27-6-5-24-21(27)32-19-4-3-13(7-15(19)22)26-20-12(10-23)11-25-16-9-18(31-2)17(28(29)30)8-14(16)20/h3-9,11,28-29H,1-2H3,(H,25,26). The van der Waals surface area contributed by atoms with Gasteiger partial charge in [0.15, 0.2) is 10.9 Å². The molecule has 9 nitrogen and oxygen atoms in total. The maximum Gasteiger partial charge on any atom is 0.206 e. The third kappa shape index (κ3) is 4.20. The van der Waals surface area contributed by atoms with Gasteiger partial charge in [-0.2, -0.15) is 10.5 Å². The van der Waals surface area contributed by atoms with E-state index in [1.807, 2.05) is 29.9 Å². The number of nitriles is 1. The smallest absolute Gasteiger partial charge is 0.206 e. The topological polar surface area (TPSA) is 123 Å². The maximum absolute atomic E-state index is 11.7. The molecule has 11 heteroatoms. The Morgan fingerprint density at radius 1 is 1.31 bits per heavy atom. The Hall–Kier alpha value is -3.33. The van der Waals surface area contributed by atoms with Crippen LogP contribution in [0.15, 0.2) is 59.0 Å². The SMILES string of the molecule is COc1cc2ncc(C#N)c(Nc3ccc(Sc4nccn4C)c(Cl)c3)c2cc1[NH+]([O-])O. The molecule has 0 aliphatic rings. The van der Waals surface area contributed by atoms with Gasteiger partial charge in [-0.1, -0.05) is 23.4 Å². The van der Waals surface area contributed by atoms with Gasteiger partial charge in [-0.05, 0) is 18.2 Å². The number of nitrogens with one attached hydrogen (secondary N) is 2. The van der Waals surface area contributed by atoms with E-state index in [2.05, 4.69) is 21.4 Å². The molecule has 3 N–H and O–H groups in total. The third-order valence-electron chi connectivity index (χ3n) is 4.72. The predicted octanol–water partition coefficient (Wildman–Crippen LogP) is 3.80. The van der Waals surface area contributed by atoms with E-state index in [4.69, 9.17) is 16.3 Å². The minimum atomic E-state index is -1.14. The Kier molecular flexibility index (Phi) is 6.18. The first-order valence-corrected chi connectivity index (χ1v) is 10.5. The van der Waals surface area contributed by atoms with E-state index in [0.29, 0.717) is 27.3 Å². The number of methoxy groups -OCH3 is 1. The summed E-state index contributed by atoms with van der Waals surface area (Å²) in [5.41, 5.74) is 1.79. The third-order valence-corrected chi connectivity index (χ3v) is 6.30. The van der Waals surface area contributed by atoms with Crippen LogP contribution in [0.1, 0.15) is 5.56 Å². The second kappa shape index (κ2) is 9.04. The molecule has 0 saturated carbocycles. The highest BCUT2D eigenvalue weighted by molar-refractivity contribution is 7.99. The van der Waals surface area contributed by atoms with Gasteiger partial charge in [0, 0.05) is 53.7 Å². The molecule has 0 bridgehead atoms. The Balaban J connectivity index is 1.75. The molecule has 0 radical (unpaired) electrons. The predicted molar refractivity (Wildman–Crippen MR) is 121 cm³/mol. The maximum atomic E-state index is 11.7. The van der Waals surface area contributed by atoms with Gasteiger partial charge in [-0.25, -0.2) is 10.2 Å². The second-order valence-corrected chi connectivity index (χ2v) is 8.14. The first-order chi connectivity index (χ1) is 15.4. The molecule has 162 valence electrons. The molecule has 0 amide bonds. The Labute approximate surface area is 192 Å². The van der Waals surface area contributed by atoms with Gasteiger partial charge in [-0.15, -0.1) is 0 Å². The lowest BCUT2D eigenvalue weighted by Crippen LogP contribution is -2.99. The summed E-state index contributed by atoms with van der Waals surface area (Å²) in [6, 6.07) is 10.5. The zero-order valence-electron chi connectivity index (χ0n) is 17.0. The van der Waals surface area contributed by atoms with Crippen molar-refractivity contribution in [2.45, 2.75) is 10.1 Å². The number of quaternary nitrogens is 1. The highest BCUT2D eigenvalue weighted by Gasteiger charge is 2.17. The number of rotatable bonds is 6. The number of fused-ring (bicyclic) bond motifs is 1. The lowest BCUT2D eigenvalue weighted by atomic mass is 10.1. The summed E-state index contributed by atoms with van der Waals surface area (Å²) in [4.78, 5) is 9.38. The van der Waals surface area contributed by atoms with Crippen LogP contribution in [0, 0.1) is 16.5 Å². The van der Waals surface area contributed by atoms with Gasteiger partial charge in [0.05, 0.1) is 28.9 Å². The summed E-state index contributed by atoms with van der Waals surface area (Å²) >= 11 is 7.93. The average molecular weight is 469 g/mol. The van der Waals surface area contributed by atoms with Crippen LogP contribution in [-0.4, -0.2) is 26.9 Å². The number of imidazole rings is 1. The van der Waals surface area contributed by atoms with Crippen molar-refractivity contribution in [1.29, 1.82) is 5.26 Å². The van der Waals surface area contributed by atoms with Gasteiger partial charge in [0.2, 0.25) is 5.69 Å². The number of aryl methyl sites for hydroxylation is 1. The molecular formula is C21H17ClN6O3S. The molecule has 4 rings (SSSR count). The van der Waals surface area contributed by atoms with E-state index in [9.17, 15) is 15.7 Å². The van der Waals surface area contributed by atoms with Crippen molar-refractivity contribution in [3.8, 4) is 11.8 Å². The van der Waals surface area contributed by atoms with Gasteiger partial charge in [0.1, 0.15) is 6.07 Å². The zero-order chi connectivity index (χ0) is 22.8. The van der Waals surface area contributed by atoms with Crippen molar-refractivity contribution >= 4 is 51.3 Å². The van der Waals surface area contributed by atoms with Crippen LogP contribution in [0.5, 0.6) is 5.75 Å². The van der Waals surface area contributed by atoms with Crippen molar-refractivity contribution in [1.82, 2.24) is 14.5 Å². The van der Waals surface area contributed by atoms with E-state index in [0.717, 1.165) is 10.1 Å². The summed E-state index contributed by atoms with van der Waals surface area (Å²) in [6.45, 7) is 0. The van der Waals surface area contributed by atoms with E-state index >= 15 is 0 Å². The average Bonchev–Trinajstić information content (AvgIpc) is 3.19. The number of hydrogen-bond donors (Lipinski definition) is 3. The van der Waals surface area contributed by atoms with E-state index < -0.39 is 5.23 Å². The number of benzene rings is 2. The molecule has 2 heterocycles. The van der Waals surface area contributed by atoms with Crippen LogP contribution in [0.4, 0.5) is 17.1 Å².